The average Bonchev–Trinajstić information content (AvgIpc) is 3.13. The Kier molecular flexibility index (Phi) is 5.64. The molecule has 3 aromatic rings. The fourth-order valence-corrected chi connectivity index (χ4v) is 2.87. The maximum atomic E-state index is 12.3. The summed E-state index contributed by atoms with van der Waals surface area (Å²) in [7, 11) is 1.77. The molecule has 1 N–H and O–H groups in total. The first-order chi connectivity index (χ1) is 12.2. The molecule has 0 unspecified atom stereocenters. The van der Waals surface area contributed by atoms with Crippen LogP contribution in [0.15, 0.2) is 65.8 Å². The van der Waals surface area contributed by atoms with E-state index in [1.165, 1.54) is 11.8 Å². The number of hydrogen-bond donors (Lipinski definition) is 1. The van der Waals surface area contributed by atoms with Crippen molar-refractivity contribution in [3.8, 4) is 0 Å². The van der Waals surface area contributed by atoms with Gasteiger partial charge in [-0.2, -0.15) is 0 Å². The molecule has 3 rings (SSSR count). The summed E-state index contributed by atoms with van der Waals surface area (Å²) >= 11 is 1.32. The Morgan fingerprint density at radius 1 is 1.08 bits per heavy atom. The van der Waals surface area contributed by atoms with Crippen molar-refractivity contribution in [2.24, 2.45) is 0 Å². The van der Waals surface area contributed by atoms with E-state index in [1.54, 1.807) is 11.9 Å². The molecule has 0 aliphatic carbocycles. The molecule has 0 radical (unpaired) electrons. The van der Waals surface area contributed by atoms with E-state index in [2.05, 4.69) is 15.2 Å². The standard InChI is InChI=1S/C19H18N4OS/c1-23(16-10-6-3-7-11-16)18(24)14-25-19-20-17(21-22-19)13-12-15-8-4-2-5-9-15/h2-13H,14H2,1H3,(H,20,21,22)/b13-12+. The zero-order chi connectivity index (χ0) is 17.5. The van der Waals surface area contributed by atoms with E-state index in [1.807, 2.05) is 72.8 Å². The number of para-hydroxylation sites is 1. The normalized spacial score (nSPS) is 10.9. The number of anilines is 1. The van der Waals surface area contributed by atoms with Gasteiger partial charge < -0.3 is 4.90 Å². The van der Waals surface area contributed by atoms with Crippen LogP contribution < -0.4 is 4.90 Å². The molecule has 0 saturated carbocycles. The number of aromatic nitrogens is 3. The molecule has 126 valence electrons. The maximum absolute atomic E-state index is 12.3. The van der Waals surface area contributed by atoms with E-state index < -0.39 is 0 Å². The molecule has 25 heavy (non-hydrogen) atoms. The van der Waals surface area contributed by atoms with Crippen molar-refractivity contribution in [3.05, 3.63) is 72.1 Å². The van der Waals surface area contributed by atoms with Gasteiger partial charge in [-0.3, -0.25) is 9.89 Å². The van der Waals surface area contributed by atoms with Crippen LogP contribution in [-0.2, 0) is 4.79 Å². The summed E-state index contributed by atoms with van der Waals surface area (Å²) in [5.74, 6) is 0.947. The van der Waals surface area contributed by atoms with E-state index in [9.17, 15) is 4.79 Å². The fraction of sp³-hybridized carbons (Fsp3) is 0.105. The van der Waals surface area contributed by atoms with E-state index in [0.29, 0.717) is 11.0 Å². The van der Waals surface area contributed by atoms with Crippen molar-refractivity contribution in [1.82, 2.24) is 15.2 Å². The molecule has 6 heteroatoms. The van der Waals surface area contributed by atoms with Crippen molar-refractivity contribution >= 4 is 35.5 Å². The quantitative estimate of drug-likeness (QED) is 0.688. The molecule has 0 bridgehead atoms. The smallest absolute Gasteiger partial charge is 0.237 e. The van der Waals surface area contributed by atoms with Crippen molar-refractivity contribution in [1.29, 1.82) is 0 Å². The summed E-state index contributed by atoms with van der Waals surface area (Å²) in [5, 5.41) is 7.56. The molecular formula is C19H18N4OS. The predicted octanol–water partition coefficient (Wildman–Crippen LogP) is 3.73. The number of H-pyrrole nitrogens is 1. The van der Waals surface area contributed by atoms with Crippen molar-refractivity contribution in [3.63, 3.8) is 0 Å². The zero-order valence-electron chi connectivity index (χ0n) is 13.8. The van der Waals surface area contributed by atoms with Crippen molar-refractivity contribution in [2.75, 3.05) is 17.7 Å². The highest BCUT2D eigenvalue weighted by Gasteiger charge is 2.12. The Labute approximate surface area is 150 Å². The van der Waals surface area contributed by atoms with Crippen LogP contribution in [0.1, 0.15) is 11.4 Å². The fourth-order valence-electron chi connectivity index (χ4n) is 2.16. The molecule has 1 amide bonds. The number of benzene rings is 2. The zero-order valence-corrected chi connectivity index (χ0v) is 14.6. The summed E-state index contributed by atoms with van der Waals surface area (Å²) in [4.78, 5) is 18.3. The Hall–Kier alpha value is -2.86. The molecule has 0 atom stereocenters. The van der Waals surface area contributed by atoms with E-state index in [-0.39, 0.29) is 11.7 Å². The number of rotatable bonds is 6. The van der Waals surface area contributed by atoms with Gasteiger partial charge in [-0.25, -0.2) is 4.98 Å². The highest BCUT2D eigenvalue weighted by molar-refractivity contribution is 7.99. The molecular weight excluding hydrogens is 332 g/mol. The van der Waals surface area contributed by atoms with Gasteiger partial charge >= 0.3 is 0 Å². The SMILES string of the molecule is CN(C(=O)CSc1n[nH]c(/C=C/c2ccccc2)n1)c1ccccc1. The summed E-state index contributed by atoms with van der Waals surface area (Å²) < 4.78 is 0. The number of hydrogen-bond acceptors (Lipinski definition) is 4. The number of nitrogens with zero attached hydrogens (tertiary/aromatic N) is 3. The van der Waals surface area contributed by atoms with E-state index >= 15 is 0 Å². The Morgan fingerprint density at radius 3 is 2.48 bits per heavy atom. The van der Waals surface area contributed by atoms with Crippen LogP contribution in [-0.4, -0.2) is 33.9 Å². The first kappa shape index (κ1) is 17.0. The largest absolute Gasteiger partial charge is 0.315 e. The molecule has 5 nitrogen and oxygen atoms in total. The third kappa shape index (κ3) is 4.81. The van der Waals surface area contributed by atoms with Gasteiger partial charge in [0.15, 0.2) is 0 Å². The number of thioether (sulfide) groups is 1. The molecule has 2 aromatic carbocycles. The van der Waals surface area contributed by atoms with Gasteiger partial charge in [-0.15, -0.1) is 5.10 Å². The lowest BCUT2D eigenvalue weighted by atomic mass is 10.2. The van der Waals surface area contributed by atoms with Gasteiger partial charge in [0.25, 0.3) is 0 Å². The van der Waals surface area contributed by atoms with Crippen molar-refractivity contribution < 1.29 is 4.79 Å². The number of carbonyl (C=O) groups excluding carboxylic acids is 1. The van der Waals surface area contributed by atoms with E-state index in [4.69, 9.17) is 0 Å². The number of amides is 1. The molecule has 0 saturated heterocycles. The minimum absolute atomic E-state index is 0.00220. The molecule has 1 aromatic heterocycles. The Morgan fingerprint density at radius 2 is 1.76 bits per heavy atom. The highest BCUT2D eigenvalue weighted by atomic mass is 32.2. The Bertz CT molecular complexity index is 846. The first-order valence-corrected chi connectivity index (χ1v) is 8.81. The molecule has 0 aliphatic heterocycles. The minimum atomic E-state index is 0.00220. The lowest BCUT2D eigenvalue weighted by molar-refractivity contribution is -0.115. The topological polar surface area (TPSA) is 61.9 Å². The van der Waals surface area contributed by atoms with Crippen LogP contribution >= 0.6 is 11.8 Å². The number of carbonyl (C=O) groups is 1. The summed E-state index contributed by atoms with van der Waals surface area (Å²) in [6, 6.07) is 19.5. The van der Waals surface area contributed by atoms with Gasteiger partial charge in [0.05, 0.1) is 5.75 Å². The number of nitrogens with one attached hydrogen (secondary N) is 1. The monoisotopic (exact) mass is 350 g/mol. The predicted molar refractivity (Wildman–Crippen MR) is 102 cm³/mol. The van der Waals surface area contributed by atoms with Crippen molar-refractivity contribution in [2.45, 2.75) is 5.16 Å². The van der Waals surface area contributed by atoms with Crippen LogP contribution in [0.4, 0.5) is 5.69 Å². The highest BCUT2D eigenvalue weighted by Crippen LogP contribution is 2.17. The first-order valence-electron chi connectivity index (χ1n) is 7.82. The second-order valence-electron chi connectivity index (χ2n) is 5.32. The van der Waals surface area contributed by atoms with Crippen LogP contribution in [0.25, 0.3) is 12.2 Å². The van der Waals surface area contributed by atoms with Gasteiger partial charge in [0, 0.05) is 12.7 Å². The van der Waals surface area contributed by atoms with Crippen LogP contribution in [0.5, 0.6) is 0 Å². The van der Waals surface area contributed by atoms with Gasteiger partial charge in [-0.1, -0.05) is 66.4 Å². The van der Waals surface area contributed by atoms with Gasteiger partial charge in [0.1, 0.15) is 5.82 Å². The second kappa shape index (κ2) is 8.30. The van der Waals surface area contributed by atoms with Crippen LogP contribution in [0.2, 0.25) is 0 Å². The summed E-state index contributed by atoms with van der Waals surface area (Å²) in [6.07, 6.45) is 3.83. The lowest BCUT2D eigenvalue weighted by Gasteiger charge is -2.16. The van der Waals surface area contributed by atoms with Crippen LogP contribution in [0.3, 0.4) is 0 Å². The summed E-state index contributed by atoms with van der Waals surface area (Å²) in [6.45, 7) is 0. The van der Waals surface area contributed by atoms with Crippen LogP contribution in [0, 0.1) is 0 Å². The average molecular weight is 350 g/mol. The number of aromatic amines is 1. The minimum Gasteiger partial charge on any atom is -0.315 e. The molecule has 0 fully saturated rings. The third-order valence-electron chi connectivity index (χ3n) is 3.56. The van der Waals surface area contributed by atoms with Gasteiger partial charge in [0.2, 0.25) is 11.1 Å². The molecule has 1 heterocycles. The van der Waals surface area contributed by atoms with E-state index in [0.717, 1.165) is 11.3 Å². The maximum Gasteiger partial charge on any atom is 0.237 e. The Balaban J connectivity index is 1.55. The lowest BCUT2D eigenvalue weighted by Crippen LogP contribution is -2.27. The summed E-state index contributed by atoms with van der Waals surface area (Å²) in [5.41, 5.74) is 1.96. The van der Waals surface area contributed by atoms with Gasteiger partial charge in [-0.05, 0) is 23.8 Å². The second-order valence-corrected chi connectivity index (χ2v) is 6.27. The molecule has 0 spiro atoms. The molecule has 0 aliphatic rings. The third-order valence-corrected chi connectivity index (χ3v) is 4.39.